The Bertz CT molecular complexity index is 348. The van der Waals surface area contributed by atoms with Crippen LogP contribution < -0.4 is 15.2 Å². The molecule has 0 heterocycles. The van der Waals surface area contributed by atoms with E-state index in [9.17, 15) is 0 Å². The number of ether oxygens (including phenoxy) is 2. The Morgan fingerprint density at radius 2 is 2.25 bits per heavy atom. The summed E-state index contributed by atoms with van der Waals surface area (Å²) < 4.78 is 10.9. The van der Waals surface area contributed by atoms with E-state index in [0.29, 0.717) is 6.61 Å². The first-order valence-electron chi connectivity index (χ1n) is 5.34. The number of nitrogens with two attached hydrogens (primary N) is 1. The van der Waals surface area contributed by atoms with E-state index < -0.39 is 0 Å². The largest absolute Gasteiger partial charge is 0.493 e. The summed E-state index contributed by atoms with van der Waals surface area (Å²) in [5, 5.41) is 0. The fraction of sp³-hybridized carbons (Fsp3) is 0.385. The minimum Gasteiger partial charge on any atom is -0.493 e. The Balaban J connectivity index is 2.99. The normalized spacial score (nSPS) is 11.9. The molecule has 0 saturated heterocycles. The molecular formula is C13H19NO2. The molecular weight excluding hydrogens is 202 g/mol. The molecule has 0 fully saturated rings. The molecule has 0 bridgehead atoms. The molecule has 1 aromatic rings. The fourth-order valence-corrected chi connectivity index (χ4v) is 1.54. The zero-order valence-corrected chi connectivity index (χ0v) is 9.90. The van der Waals surface area contributed by atoms with E-state index in [1.165, 1.54) is 0 Å². The molecule has 0 aliphatic heterocycles. The first-order valence-corrected chi connectivity index (χ1v) is 5.34. The molecule has 0 radical (unpaired) electrons. The SMILES string of the molecule is C=CCOc1c(CC(C)N)cccc1OC. The topological polar surface area (TPSA) is 44.5 Å². The van der Waals surface area contributed by atoms with Crippen LogP contribution in [0.3, 0.4) is 0 Å². The van der Waals surface area contributed by atoms with Crippen LogP contribution in [0, 0.1) is 0 Å². The number of benzene rings is 1. The molecule has 0 aliphatic carbocycles. The van der Waals surface area contributed by atoms with E-state index in [4.69, 9.17) is 15.2 Å². The molecule has 2 N–H and O–H groups in total. The van der Waals surface area contributed by atoms with Crippen molar-refractivity contribution < 1.29 is 9.47 Å². The second kappa shape index (κ2) is 6.18. The maximum atomic E-state index is 5.80. The molecule has 1 aromatic carbocycles. The molecule has 0 aromatic heterocycles. The Kier molecular flexibility index (Phi) is 4.86. The van der Waals surface area contributed by atoms with Crippen molar-refractivity contribution in [3.05, 3.63) is 36.4 Å². The van der Waals surface area contributed by atoms with Gasteiger partial charge in [0.15, 0.2) is 11.5 Å². The first-order chi connectivity index (χ1) is 7.69. The van der Waals surface area contributed by atoms with Gasteiger partial charge in [-0.3, -0.25) is 0 Å². The summed E-state index contributed by atoms with van der Waals surface area (Å²) in [6.07, 6.45) is 2.48. The van der Waals surface area contributed by atoms with E-state index >= 15 is 0 Å². The smallest absolute Gasteiger partial charge is 0.164 e. The maximum Gasteiger partial charge on any atom is 0.164 e. The van der Waals surface area contributed by atoms with Crippen molar-refractivity contribution >= 4 is 0 Å². The molecule has 88 valence electrons. The van der Waals surface area contributed by atoms with Gasteiger partial charge in [-0.05, 0) is 25.0 Å². The molecule has 1 atom stereocenters. The first kappa shape index (κ1) is 12.6. The van der Waals surface area contributed by atoms with Crippen molar-refractivity contribution in [2.24, 2.45) is 5.73 Å². The third kappa shape index (κ3) is 3.28. The predicted molar refractivity (Wildman–Crippen MR) is 66.0 cm³/mol. The van der Waals surface area contributed by atoms with Crippen LogP contribution in [0.2, 0.25) is 0 Å². The van der Waals surface area contributed by atoms with Gasteiger partial charge in [0.1, 0.15) is 6.61 Å². The van der Waals surface area contributed by atoms with Crippen LogP contribution in [-0.4, -0.2) is 19.8 Å². The third-order valence-corrected chi connectivity index (χ3v) is 2.17. The van der Waals surface area contributed by atoms with Gasteiger partial charge >= 0.3 is 0 Å². The van der Waals surface area contributed by atoms with Gasteiger partial charge < -0.3 is 15.2 Å². The summed E-state index contributed by atoms with van der Waals surface area (Å²) in [5.74, 6) is 1.50. The van der Waals surface area contributed by atoms with Gasteiger partial charge in [0.05, 0.1) is 7.11 Å². The van der Waals surface area contributed by atoms with E-state index in [2.05, 4.69) is 6.58 Å². The van der Waals surface area contributed by atoms with Crippen LogP contribution in [0.15, 0.2) is 30.9 Å². The van der Waals surface area contributed by atoms with E-state index in [1.54, 1.807) is 13.2 Å². The lowest BCUT2D eigenvalue weighted by Gasteiger charge is -2.15. The minimum absolute atomic E-state index is 0.0955. The lowest BCUT2D eigenvalue weighted by atomic mass is 10.1. The van der Waals surface area contributed by atoms with Gasteiger partial charge in [-0.25, -0.2) is 0 Å². The van der Waals surface area contributed by atoms with Crippen LogP contribution in [-0.2, 0) is 6.42 Å². The Morgan fingerprint density at radius 3 is 2.81 bits per heavy atom. The summed E-state index contributed by atoms with van der Waals surface area (Å²) in [7, 11) is 1.63. The summed E-state index contributed by atoms with van der Waals surface area (Å²) in [6.45, 7) is 6.06. The molecule has 0 aliphatic rings. The standard InChI is InChI=1S/C13H19NO2/c1-4-8-16-13-11(9-10(2)14)6-5-7-12(13)15-3/h4-7,10H,1,8-9,14H2,2-3H3. The quantitative estimate of drug-likeness (QED) is 0.749. The highest BCUT2D eigenvalue weighted by atomic mass is 16.5. The Hall–Kier alpha value is -1.48. The average Bonchev–Trinajstić information content (AvgIpc) is 2.26. The molecule has 0 amide bonds. The summed E-state index contributed by atoms with van der Waals surface area (Å²) in [6, 6.07) is 5.92. The molecule has 3 nitrogen and oxygen atoms in total. The predicted octanol–water partition coefficient (Wildman–Crippen LogP) is 2.15. The van der Waals surface area contributed by atoms with Crippen LogP contribution in [0.25, 0.3) is 0 Å². The third-order valence-electron chi connectivity index (χ3n) is 2.17. The van der Waals surface area contributed by atoms with Gasteiger partial charge in [0.25, 0.3) is 0 Å². The molecule has 0 saturated carbocycles. The Labute approximate surface area is 96.9 Å². The summed E-state index contributed by atoms with van der Waals surface area (Å²) >= 11 is 0. The van der Waals surface area contributed by atoms with Crippen LogP contribution in [0.5, 0.6) is 11.5 Å². The highest BCUT2D eigenvalue weighted by Gasteiger charge is 2.11. The molecule has 3 heteroatoms. The van der Waals surface area contributed by atoms with Crippen LogP contribution in [0.4, 0.5) is 0 Å². The van der Waals surface area contributed by atoms with Crippen molar-refractivity contribution in [1.29, 1.82) is 0 Å². The molecule has 16 heavy (non-hydrogen) atoms. The highest BCUT2D eigenvalue weighted by molar-refractivity contribution is 5.47. The number of rotatable bonds is 6. The van der Waals surface area contributed by atoms with Crippen molar-refractivity contribution in [2.75, 3.05) is 13.7 Å². The fourth-order valence-electron chi connectivity index (χ4n) is 1.54. The average molecular weight is 221 g/mol. The highest BCUT2D eigenvalue weighted by Crippen LogP contribution is 2.31. The van der Waals surface area contributed by atoms with Crippen molar-refractivity contribution in [3.63, 3.8) is 0 Å². The van der Waals surface area contributed by atoms with E-state index in [-0.39, 0.29) is 6.04 Å². The zero-order valence-electron chi connectivity index (χ0n) is 9.90. The molecule has 0 spiro atoms. The van der Waals surface area contributed by atoms with Gasteiger partial charge in [-0.2, -0.15) is 0 Å². The second-order valence-electron chi connectivity index (χ2n) is 3.73. The maximum absolute atomic E-state index is 5.80. The minimum atomic E-state index is 0.0955. The van der Waals surface area contributed by atoms with E-state index in [1.807, 2.05) is 25.1 Å². The van der Waals surface area contributed by atoms with Crippen molar-refractivity contribution in [3.8, 4) is 11.5 Å². The van der Waals surface area contributed by atoms with Crippen molar-refractivity contribution in [1.82, 2.24) is 0 Å². The van der Waals surface area contributed by atoms with Crippen LogP contribution >= 0.6 is 0 Å². The number of para-hydroxylation sites is 1. The Morgan fingerprint density at radius 1 is 1.50 bits per heavy atom. The summed E-state index contributed by atoms with van der Waals surface area (Å²) in [5.41, 5.74) is 6.86. The number of hydrogen-bond acceptors (Lipinski definition) is 3. The van der Waals surface area contributed by atoms with Gasteiger partial charge in [0, 0.05) is 6.04 Å². The summed E-state index contributed by atoms with van der Waals surface area (Å²) in [4.78, 5) is 0. The van der Waals surface area contributed by atoms with Gasteiger partial charge in [-0.15, -0.1) is 0 Å². The van der Waals surface area contributed by atoms with E-state index in [0.717, 1.165) is 23.5 Å². The van der Waals surface area contributed by atoms with Crippen molar-refractivity contribution in [2.45, 2.75) is 19.4 Å². The number of hydrogen-bond donors (Lipinski definition) is 1. The number of methoxy groups -OCH3 is 1. The van der Waals surface area contributed by atoms with Gasteiger partial charge in [0.2, 0.25) is 0 Å². The van der Waals surface area contributed by atoms with Gasteiger partial charge in [-0.1, -0.05) is 24.8 Å². The zero-order chi connectivity index (χ0) is 12.0. The molecule has 1 unspecified atom stereocenters. The monoisotopic (exact) mass is 221 g/mol. The lowest BCUT2D eigenvalue weighted by molar-refractivity contribution is 0.322. The molecule has 1 rings (SSSR count). The lowest BCUT2D eigenvalue weighted by Crippen LogP contribution is -2.18. The van der Waals surface area contributed by atoms with Crippen LogP contribution in [0.1, 0.15) is 12.5 Å². The second-order valence-corrected chi connectivity index (χ2v) is 3.73.